The summed E-state index contributed by atoms with van der Waals surface area (Å²) in [5, 5.41) is 0. The second kappa shape index (κ2) is 9.02. The van der Waals surface area contributed by atoms with Crippen LogP contribution in [-0.4, -0.2) is 29.8 Å². The summed E-state index contributed by atoms with van der Waals surface area (Å²) >= 11 is 0. The van der Waals surface area contributed by atoms with Gasteiger partial charge in [0.25, 0.3) is 0 Å². The minimum atomic E-state index is -4.55. The molecule has 0 saturated heterocycles. The number of carbonyl (C=O) groups is 1. The van der Waals surface area contributed by atoms with E-state index in [0.29, 0.717) is 10.5 Å². The summed E-state index contributed by atoms with van der Waals surface area (Å²) in [5.41, 5.74) is 0.705. The molecule has 0 fully saturated rings. The number of hydrogen-bond acceptors (Lipinski definition) is 2. The Morgan fingerprint density at radius 3 is 2.39 bits per heavy atom. The van der Waals surface area contributed by atoms with Gasteiger partial charge in [-0.15, -0.1) is 13.2 Å². The Hall–Kier alpha value is -2.24. The number of ether oxygens (including phenoxy) is 1. The van der Waals surface area contributed by atoms with Crippen LogP contribution in [0.1, 0.15) is 18.4 Å². The minimum Gasteiger partial charge on any atom is -0.445 e. The fraction of sp³-hybridized carbons (Fsp3) is 0.353. The Kier molecular flexibility index (Phi) is 7.38. The molecule has 1 unspecified atom stereocenters. The number of carbonyl (C=O) groups excluding carboxylic acids is 1. The van der Waals surface area contributed by atoms with E-state index in [-0.39, 0.29) is 26.0 Å². The van der Waals surface area contributed by atoms with Crippen LogP contribution in [0.15, 0.2) is 55.6 Å². The maximum absolute atomic E-state index is 13.2. The molecule has 1 aromatic rings. The third-order valence-corrected chi connectivity index (χ3v) is 3.16. The van der Waals surface area contributed by atoms with Gasteiger partial charge in [0, 0.05) is 6.54 Å². The van der Waals surface area contributed by atoms with Crippen molar-refractivity contribution in [2.75, 3.05) is 6.54 Å². The second-order valence-electron chi connectivity index (χ2n) is 4.89. The molecule has 6 heteroatoms. The predicted molar refractivity (Wildman–Crippen MR) is 82.8 cm³/mol. The summed E-state index contributed by atoms with van der Waals surface area (Å²) in [7, 11) is 0. The van der Waals surface area contributed by atoms with Gasteiger partial charge in [0.1, 0.15) is 12.6 Å². The topological polar surface area (TPSA) is 29.5 Å². The van der Waals surface area contributed by atoms with Crippen molar-refractivity contribution in [3.63, 3.8) is 0 Å². The van der Waals surface area contributed by atoms with Gasteiger partial charge in [0.15, 0.2) is 0 Å². The van der Waals surface area contributed by atoms with E-state index in [1.807, 2.05) is 0 Å². The van der Waals surface area contributed by atoms with E-state index in [4.69, 9.17) is 4.74 Å². The highest BCUT2D eigenvalue weighted by atomic mass is 19.4. The Labute approximate surface area is 134 Å². The Bertz CT molecular complexity index is 514. The Balaban J connectivity index is 2.83. The minimum absolute atomic E-state index is 0.0804. The number of nitrogens with zero attached hydrogens (tertiary/aromatic N) is 1. The number of rotatable bonds is 8. The van der Waals surface area contributed by atoms with Crippen molar-refractivity contribution in [1.29, 1.82) is 0 Å². The van der Waals surface area contributed by atoms with E-state index < -0.39 is 18.3 Å². The van der Waals surface area contributed by atoms with Gasteiger partial charge in [-0.05, 0) is 18.4 Å². The molecule has 0 bridgehead atoms. The highest BCUT2D eigenvalue weighted by Crippen LogP contribution is 2.28. The first-order valence-electron chi connectivity index (χ1n) is 7.16. The Morgan fingerprint density at radius 1 is 1.22 bits per heavy atom. The van der Waals surface area contributed by atoms with Gasteiger partial charge in [-0.1, -0.05) is 42.5 Å². The molecule has 0 aromatic heterocycles. The molecule has 0 aliphatic heterocycles. The van der Waals surface area contributed by atoms with Gasteiger partial charge in [0.2, 0.25) is 0 Å². The number of alkyl halides is 3. The average molecular weight is 327 g/mol. The van der Waals surface area contributed by atoms with Crippen molar-refractivity contribution < 1.29 is 22.7 Å². The van der Waals surface area contributed by atoms with E-state index in [2.05, 4.69) is 13.2 Å². The molecular formula is C17H20F3NO2. The molecule has 3 nitrogen and oxygen atoms in total. The van der Waals surface area contributed by atoms with Crippen LogP contribution in [0.2, 0.25) is 0 Å². The van der Waals surface area contributed by atoms with Gasteiger partial charge < -0.3 is 4.74 Å². The first-order chi connectivity index (χ1) is 10.9. The Morgan fingerprint density at radius 2 is 1.87 bits per heavy atom. The van der Waals surface area contributed by atoms with Crippen LogP contribution in [0.3, 0.4) is 0 Å². The van der Waals surface area contributed by atoms with Crippen molar-refractivity contribution in [3.05, 3.63) is 61.2 Å². The molecule has 0 N–H and O–H groups in total. The van der Waals surface area contributed by atoms with Gasteiger partial charge in [0.05, 0.1) is 0 Å². The first-order valence-corrected chi connectivity index (χ1v) is 7.16. The summed E-state index contributed by atoms with van der Waals surface area (Å²) < 4.78 is 44.6. The number of halogens is 3. The SMILES string of the molecule is C=CCCN(C(=O)OCc1ccccc1)C(CC=C)C(F)(F)F. The summed E-state index contributed by atoms with van der Waals surface area (Å²) in [6.45, 7) is 6.61. The maximum atomic E-state index is 13.2. The molecule has 0 heterocycles. The van der Waals surface area contributed by atoms with E-state index in [9.17, 15) is 18.0 Å². The van der Waals surface area contributed by atoms with Gasteiger partial charge in [-0.3, -0.25) is 4.90 Å². The van der Waals surface area contributed by atoms with E-state index in [1.165, 1.54) is 6.08 Å². The summed E-state index contributed by atoms with van der Waals surface area (Å²) in [6.07, 6.45) is -3.10. The van der Waals surface area contributed by atoms with Crippen molar-refractivity contribution in [1.82, 2.24) is 4.90 Å². The monoisotopic (exact) mass is 327 g/mol. The zero-order valence-electron chi connectivity index (χ0n) is 12.8. The maximum Gasteiger partial charge on any atom is 0.410 e. The molecule has 1 aromatic carbocycles. The lowest BCUT2D eigenvalue weighted by atomic mass is 10.1. The van der Waals surface area contributed by atoms with Crippen molar-refractivity contribution in [3.8, 4) is 0 Å². The molecule has 1 rings (SSSR count). The van der Waals surface area contributed by atoms with Crippen LogP contribution in [0.5, 0.6) is 0 Å². The zero-order chi connectivity index (χ0) is 17.3. The molecule has 0 aliphatic carbocycles. The van der Waals surface area contributed by atoms with Gasteiger partial charge in [-0.25, -0.2) is 4.79 Å². The van der Waals surface area contributed by atoms with Gasteiger partial charge in [-0.2, -0.15) is 13.2 Å². The molecule has 0 radical (unpaired) electrons. The van der Waals surface area contributed by atoms with Gasteiger partial charge >= 0.3 is 12.3 Å². The molecule has 0 aliphatic rings. The normalized spacial score (nSPS) is 12.3. The second-order valence-corrected chi connectivity index (χ2v) is 4.89. The predicted octanol–water partition coefficient (Wildman–Crippen LogP) is 4.71. The summed E-state index contributed by atoms with van der Waals surface area (Å²) in [6, 6.07) is 6.82. The lowest BCUT2D eigenvalue weighted by molar-refractivity contribution is -0.178. The lowest BCUT2D eigenvalue weighted by Crippen LogP contribution is -2.49. The van der Waals surface area contributed by atoms with Crippen molar-refractivity contribution in [2.24, 2.45) is 0 Å². The highest BCUT2D eigenvalue weighted by molar-refractivity contribution is 5.68. The van der Waals surface area contributed by atoms with Crippen molar-refractivity contribution >= 4 is 6.09 Å². The number of hydrogen-bond donors (Lipinski definition) is 0. The van der Waals surface area contributed by atoms with E-state index in [0.717, 1.165) is 6.08 Å². The molecule has 0 spiro atoms. The van der Waals surface area contributed by atoms with Crippen LogP contribution in [0, 0.1) is 0 Å². The van der Waals surface area contributed by atoms with E-state index >= 15 is 0 Å². The highest BCUT2D eigenvalue weighted by Gasteiger charge is 2.44. The fourth-order valence-electron chi connectivity index (χ4n) is 2.00. The molecule has 1 atom stereocenters. The smallest absolute Gasteiger partial charge is 0.410 e. The van der Waals surface area contributed by atoms with Crippen molar-refractivity contribution in [2.45, 2.75) is 31.7 Å². The third-order valence-electron chi connectivity index (χ3n) is 3.16. The zero-order valence-corrected chi connectivity index (χ0v) is 12.8. The average Bonchev–Trinajstić information content (AvgIpc) is 2.52. The molecular weight excluding hydrogens is 307 g/mol. The van der Waals surface area contributed by atoms with Crippen LogP contribution in [0.25, 0.3) is 0 Å². The van der Waals surface area contributed by atoms with Crippen LogP contribution in [-0.2, 0) is 11.3 Å². The molecule has 23 heavy (non-hydrogen) atoms. The van der Waals surface area contributed by atoms with Crippen LogP contribution < -0.4 is 0 Å². The lowest BCUT2D eigenvalue weighted by Gasteiger charge is -2.31. The first kappa shape index (κ1) is 18.8. The summed E-state index contributed by atoms with van der Waals surface area (Å²) in [5.74, 6) is 0. The van der Waals surface area contributed by atoms with Crippen LogP contribution in [0.4, 0.5) is 18.0 Å². The molecule has 1 amide bonds. The number of amides is 1. The largest absolute Gasteiger partial charge is 0.445 e. The summed E-state index contributed by atoms with van der Waals surface area (Å²) in [4.78, 5) is 12.8. The molecule has 0 saturated carbocycles. The third kappa shape index (κ3) is 6.18. The standard InChI is InChI=1S/C17H20F3NO2/c1-3-5-12-21(15(9-4-2)17(18,19)20)16(22)23-13-14-10-7-6-8-11-14/h3-4,6-8,10-11,15H,1-2,5,9,12-13H2. The van der Waals surface area contributed by atoms with E-state index in [1.54, 1.807) is 30.3 Å². The van der Waals surface area contributed by atoms with Crippen LogP contribution >= 0.6 is 0 Å². The molecule has 126 valence electrons. The quantitative estimate of drug-likeness (QED) is 0.647. The number of benzene rings is 1. The fourth-order valence-corrected chi connectivity index (χ4v) is 2.00.